The van der Waals surface area contributed by atoms with Crippen LogP contribution in [0.3, 0.4) is 0 Å². The van der Waals surface area contributed by atoms with Gasteiger partial charge in [-0.25, -0.2) is 4.79 Å². The Morgan fingerprint density at radius 3 is 2.60 bits per heavy atom. The van der Waals surface area contributed by atoms with Crippen molar-refractivity contribution in [2.45, 2.75) is 32.6 Å². The monoisotopic (exact) mass is 276 g/mol. The van der Waals surface area contributed by atoms with E-state index in [1.54, 1.807) is 19.1 Å². The topological polar surface area (TPSA) is 92.4 Å². The molecule has 1 amide bonds. The fourth-order valence-corrected chi connectivity index (χ4v) is 2.61. The van der Waals surface area contributed by atoms with Crippen molar-refractivity contribution in [2.24, 2.45) is 11.1 Å². The Kier molecular flexibility index (Phi) is 4.09. The van der Waals surface area contributed by atoms with Gasteiger partial charge in [-0.15, -0.1) is 0 Å². The second kappa shape index (κ2) is 5.63. The van der Waals surface area contributed by atoms with Gasteiger partial charge in [-0.1, -0.05) is 12.5 Å². The molecule has 5 nitrogen and oxygen atoms in total. The van der Waals surface area contributed by atoms with Gasteiger partial charge in [0.1, 0.15) is 0 Å². The summed E-state index contributed by atoms with van der Waals surface area (Å²) in [4.78, 5) is 23.1. The smallest absolute Gasteiger partial charge is 0.336 e. The third kappa shape index (κ3) is 2.99. The molecule has 1 aliphatic carbocycles. The van der Waals surface area contributed by atoms with Gasteiger partial charge in [0.15, 0.2) is 0 Å². The average Bonchev–Trinajstić information content (AvgIpc) is 2.36. The van der Waals surface area contributed by atoms with E-state index in [1.807, 2.05) is 0 Å². The number of aryl methyl sites for hydroxylation is 1. The summed E-state index contributed by atoms with van der Waals surface area (Å²) in [5.41, 5.74) is 7.09. The number of benzene rings is 1. The Morgan fingerprint density at radius 2 is 2.10 bits per heavy atom. The van der Waals surface area contributed by atoms with E-state index in [-0.39, 0.29) is 16.9 Å². The van der Waals surface area contributed by atoms with Gasteiger partial charge in [0.25, 0.3) is 0 Å². The highest BCUT2D eigenvalue weighted by atomic mass is 16.4. The van der Waals surface area contributed by atoms with Crippen LogP contribution in [0.25, 0.3) is 0 Å². The van der Waals surface area contributed by atoms with Crippen LogP contribution in [0.4, 0.5) is 5.69 Å². The minimum atomic E-state index is -0.990. The molecule has 0 aromatic heterocycles. The number of carbonyl (C=O) groups excluding carboxylic acids is 1. The fourth-order valence-electron chi connectivity index (χ4n) is 2.61. The number of nitrogens with one attached hydrogen (secondary N) is 1. The van der Waals surface area contributed by atoms with E-state index in [2.05, 4.69) is 5.32 Å². The Labute approximate surface area is 118 Å². The molecule has 1 aromatic carbocycles. The number of amides is 1. The first-order valence-corrected chi connectivity index (χ1v) is 6.80. The Bertz CT molecular complexity index is 530. The van der Waals surface area contributed by atoms with E-state index in [0.29, 0.717) is 24.2 Å². The molecule has 0 aliphatic heterocycles. The lowest BCUT2D eigenvalue weighted by Crippen LogP contribution is -2.40. The number of hydrogen-bond acceptors (Lipinski definition) is 3. The van der Waals surface area contributed by atoms with Crippen LogP contribution in [0.2, 0.25) is 0 Å². The maximum Gasteiger partial charge on any atom is 0.336 e. The number of nitrogens with two attached hydrogens (primary N) is 1. The summed E-state index contributed by atoms with van der Waals surface area (Å²) in [7, 11) is 0. The molecular weight excluding hydrogens is 256 g/mol. The molecule has 1 aliphatic rings. The number of carboxylic acids is 1. The van der Waals surface area contributed by atoms with Crippen LogP contribution in [0.5, 0.6) is 0 Å². The number of hydrogen-bond donors (Lipinski definition) is 3. The first-order chi connectivity index (χ1) is 9.46. The minimum Gasteiger partial charge on any atom is -0.478 e. The Balaban J connectivity index is 2.04. The van der Waals surface area contributed by atoms with E-state index in [4.69, 9.17) is 10.8 Å². The first kappa shape index (κ1) is 14.5. The zero-order chi connectivity index (χ0) is 14.8. The highest BCUT2D eigenvalue weighted by Gasteiger charge is 2.37. The van der Waals surface area contributed by atoms with E-state index in [9.17, 15) is 9.59 Å². The molecule has 0 unspecified atom stereocenters. The summed E-state index contributed by atoms with van der Waals surface area (Å²) in [6, 6.07) is 4.90. The van der Waals surface area contributed by atoms with E-state index < -0.39 is 5.97 Å². The van der Waals surface area contributed by atoms with Gasteiger partial charge in [0, 0.05) is 12.1 Å². The molecule has 0 radical (unpaired) electrons. The Hall–Kier alpha value is -1.88. The van der Waals surface area contributed by atoms with Crippen molar-refractivity contribution < 1.29 is 14.7 Å². The molecule has 4 N–H and O–H groups in total. The maximum atomic E-state index is 12.0. The predicted octanol–water partition coefficient (Wildman–Crippen LogP) is 2.15. The number of aromatic carboxylic acids is 1. The van der Waals surface area contributed by atoms with Gasteiger partial charge in [0.2, 0.25) is 5.91 Å². The third-order valence-electron chi connectivity index (χ3n) is 4.13. The zero-order valence-corrected chi connectivity index (χ0v) is 11.6. The highest BCUT2D eigenvalue weighted by molar-refractivity contribution is 5.95. The van der Waals surface area contributed by atoms with Crippen LogP contribution in [0.15, 0.2) is 18.2 Å². The molecule has 0 saturated heterocycles. The first-order valence-electron chi connectivity index (χ1n) is 6.80. The molecule has 20 heavy (non-hydrogen) atoms. The van der Waals surface area contributed by atoms with Gasteiger partial charge in [-0.2, -0.15) is 0 Å². The molecule has 1 aromatic rings. The maximum absolute atomic E-state index is 12.0. The molecule has 0 atom stereocenters. The van der Waals surface area contributed by atoms with Crippen LogP contribution in [0, 0.1) is 12.3 Å². The lowest BCUT2D eigenvalue weighted by Gasteiger charge is -2.40. The lowest BCUT2D eigenvalue weighted by atomic mass is 9.66. The quantitative estimate of drug-likeness (QED) is 0.768. The Morgan fingerprint density at radius 1 is 1.40 bits per heavy atom. The summed E-state index contributed by atoms with van der Waals surface area (Å²) < 4.78 is 0. The molecule has 0 bridgehead atoms. The molecule has 5 heteroatoms. The lowest BCUT2D eigenvalue weighted by molar-refractivity contribution is -0.119. The van der Waals surface area contributed by atoms with Crippen molar-refractivity contribution in [3.05, 3.63) is 29.3 Å². The van der Waals surface area contributed by atoms with Gasteiger partial charge >= 0.3 is 5.97 Å². The van der Waals surface area contributed by atoms with Crippen LogP contribution in [-0.4, -0.2) is 23.5 Å². The normalized spacial score (nSPS) is 16.3. The van der Waals surface area contributed by atoms with Crippen molar-refractivity contribution in [3.63, 3.8) is 0 Å². The van der Waals surface area contributed by atoms with Crippen LogP contribution < -0.4 is 11.1 Å². The summed E-state index contributed by atoms with van der Waals surface area (Å²) in [6.07, 6.45) is 3.51. The second-order valence-corrected chi connectivity index (χ2v) is 5.62. The van der Waals surface area contributed by atoms with Crippen LogP contribution in [-0.2, 0) is 4.79 Å². The van der Waals surface area contributed by atoms with Gasteiger partial charge in [-0.3, -0.25) is 4.79 Å². The van der Waals surface area contributed by atoms with Crippen LogP contribution in [0.1, 0.15) is 41.6 Å². The van der Waals surface area contributed by atoms with Crippen LogP contribution >= 0.6 is 0 Å². The molecule has 1 saturated carbocycles. The van der Waals surface area contributed by atoms with Crippen molar-refractivity contribution in [1.29, 1.82) is 0 Å². The third-order valence-corrected chi connectivity index (χ3v) is 4.13. The minimum absolute atomic E-state index is 0.0512. The number of rotatable bonds is 5. The number of carbonyl (C=O) groups is 2. The number of anilines is 1. The SMILES string of the molecule is Cc1ccc(NC(=O)CC2(CN)CCC2)cc1C(=O)O. The van der Waals surface area contributed by atoms with Crippen molar-refractivity contribution in [3.8, 4) is 0 Å². The van der Waals surface area contributed by atoms with E-state index >= 15 is 0 Å². The second-order valence-electron chi connectivity index (χ2n) is 5.62. The molecule has 0 heterocycles. The summed E-state index contributed by atoms with van der Waals surface area (Å²) in [5.74, 6) is -1.09. The van der Waals surface area contributed by atoms with Crippen molar-refractivity contribution in [1.82, 2.24) is 0 Å². The van der Waals surface area contributed by atoms with Crippen molar-refractivity contribution >= 4 is 17.6 Å². The molecule has 0 spiro atoms. The summed E-state index contributed by atoms with van der Waals surface area (Å²) in [6.45, 7) is 2.25. The molecular formula is C15H20N2O3. The zero-order valence-electron chi connectivity index (χ0n) is 11.6. The number of carboxylic acid groups (broad SMARTS) is 1. The molecule has 108 valence electrons. The summed E-state index contributed by atoms with van der Waals surface area (Å²) >= 11 is 0. The highest BCUT2D eigenvalue weighted by Crippen LogP contribution is 2.43. The van der Waals surface area contributed by atoms with Gasteiger partial charge < -0.3 is 16.2 Å². The van der Waals surface area contributed by atoms with Crippen molar-refractivity contribution in [2.75, 3.05) is 11.9 Å². The fraction of sp³-hybridized carbons (Fsp3) is 0.467. The standard InChI is InChI=1S/C15H20N2O3/c1-10-3-4-11(7-12(10)14(19)20)17-13(18)8-15(9-16)5-2-6-15/h3-4,7H,2,5-6,8-9,16H2,1H3,(H,17,18)(H,19,20). The molecule has 1 fully saturated rings. The van der Waals surface area contributed by atoms with Gasteiger partial charge in [0.05, 0.1) is 5.56 Å². The van der Waals surface area contributed by atoms with E-state index in [1.165, 1.54) is 6.07 Å². The average molecular weight is 276 g/mol. The largest absolute Gasteiger partial charge is 0.478 e. The van der Waals surface area contributed by atoms with Gasteiger partial charge in [-0.05, 0) is 49.4 Å². The molecule has 2 rings (SSSR count). The van der Waals surface area contributed by atoms with E-state index in [0.717, 1.165) is 19.3 Å². The summed E-state index contributed by atoms with van der Waals surface area (Å²) in [5, 5.41) is 11.8. The predicted molar refractivity (Wildman–Crippen MR) is 76.7 cm³/mol.